The van der Waals surface area contributed by atoms with Crippen molar-refractivity contribution in [2.75, 3.05) is 0 Å². The van der Waals surface area contributed by atoms with Crippen LogP contribution in [-0.2, 0) is 6.42 Å². The molecule has 1 aliphatic rings. The van der Waals surface area contributed by atoms with Gasteiger partial charge in [0.15, 0.2) is 11.6 Å². The van der Waals surface area contributed by atoms with Crippen LogP contribution in [0.3, 0.4) is 0 Å². The molecule has 0 radical (unpaired) electrons. The van der Waals surface area contributed by atoms with Crippen LogP contribution < -0.4 is 0 Å². The summed E-state index contributed by atoms with van der Waals surface area (Å²) >= 11 is 1.53. The monoisotopic (exact) mass is 440 g/mol. The van der Waals surface area contributed by atoms with Gasteiger partial charge in [0, 0.05) is 27.6 Å². The van der Waals surface area contributed by atoms with E-state index in [1.165, 1.54) is 28.0 Å². The fourth-order valence-corrected chi connectivity index (χ4v) is 5.76. The lowest BCUT2D eigenvalue weighted by molar-refractivity contribution is 0.0990. The van der Waals surface area contributed by atoms with Gasteiger partial charge in [-0.15, -0.1) is 11.3 Å². The average molecular weight is 441 g/mol. The molecule has 0 spiro atoms. The molecule has 1 aliphatic carbocycles. The van der Waals surface area contributed by atoms with Gasteiger partial charge in [0.05, 0.1) is 10.3 Å². The third kappa shape index (κ3) is 3.18. The number of rotatable bonds is 3. The third-order valence-corrected chi connectivity index (χ3v) is 7.28. The van der Waals surface area contributed by atoms with Crippen LogP contribution in [0.25, 0.3) is 27.7 Å². The Kier molecular flexibility index (Phi) is 4.79. The van der Waals surface area contributed by atoms with Crippen molar-refractivity contribution in [3.05, 3.63) is 85.8 Å². The van der Waals surface area contributed by atoms with Crippen molar-refractivity contribution in [1.29, 1.82) is 0 Å². The zero-order valence-corrected chi connectivity index (χ0v) is 19.7. The Hall–Kier alpha value is -3.24. The minimum Gasteiger partial charge on any atom is -0.455 e. The predicted molar refractivity (Wildman–Crippen MR) is 131 cm³/mol. The van der Waals surface area contributed by atoms with Gasteiger partial charge in [0.2, 0.25) is 0 Å². The molecular weight excluding hydrogens is 416 g/mol. The quantitative estimate of drug-likeness (QED) is 0.246. The molecule has 160 valence electrons. The van der Waals surface area contributed by atoms with Crippen molar-refractivity contribution in [2.24, 2.45) is 0 Å². The fourth-order valence-electron chi connectivity index (χ4n) is 4.79. The van der Waals surface area contributed by atoms with Gasteiger partial charge in [-0.05, 0) is 80.6 Å². The highest BCUT2D eigenvalue weighted by atomic mass is 32.1. The van der Waals surface area contributed by atoms with Gasteiger partial charge in [-0.2, -0.15) is 0 Å². The first-order chi connectivity index (χ1) is 15.3. The number of ketones is 2. The second kappa shape index (κ2) is 7.42. The maximum atomic E-state index is 13.0. The van der Waals surface area contributed by atoms with Gasteiger partial charge >= 0.3 is 0 Å². The molecule has 0 amide bonds. The second-order valence-corrected chi connectivity index (χ2v) is 9.77. The summed E-state index contributed by atoms with van der Waals surface area (Å²) in [6.45, 7) is 10.3. The van der Waals surface area contributed by atoms with Crippen LogP contribution in [0.4, 0.5) is 0 Å². The molecule has 0 atom stereocenters. The first kappa shape index (κ1) is 20.7. The Labute approximate surface area is 191 Å². The lowest BCUT2D eigenvalue weighted by Crippen LogP contribution is -1.99. The van der Waals surface area contributed by atoms with E-state index in [-0.39, 0.29) is 17.1 Å². The molecule has 0 N–H and O–H groups in total. The smallest absolute Gasteiger partial charge is 0.197 e. The van der Waals surface area contributed by atoms with Crippen LogP contribution in [0.5, 0.6) is 0 Å². The average Bonchev–Trinajstić information content (AvgIpc) is 3.34. The van der Waals surface area contributed by atoms with Crippen molar-refractivity contribution in [3.63, 3.8) is 0 Å². The third-order valence-electron chi connectivity index (χ3n) is 6.27. The van der Waals surface area contributed by atoms with E-state index in [1.54, 1.807) is 6.08 Å². The number of aryl methyl sites for hydroxylation is 5. The summed E-state index contributed by atoms with van der Waals surface area (Å²) in [5, 5.41) is 0. The number of benzene rings is 2. The van der Waals surface area contributed by atoms with Gasteiger partial charge in [0.1, 0.15) is 11.3 Å². The first-order valence-corrected chi connectivity index (χ1v) is 11.6. The highest BCUT2D eigenvalue weighted by molar-refractivity contribution is 7.19. The lowest BCUT2D eigenvalue weighted by atomic mass is 9.98. The summed E-state index contributed by atoms with van der Waals surface area (Å²) in [6, 6.07) is 12.0. The largest absolute Gasteiger partial charge is 0.455 e. The van der Waals surface area contributed by atoms with Crippen molar-refractivity contribution in [2.45, 2.75) is 41.0 Å². The highest BCUT2D eigenvalue weighted by Gasteiger charge is 2.33. The van der Waals surface area contributed by atoms with Crippen LogP contribution in [0.1, 0.15) is 60.3 Å². The van der Waals surface area contributed by atoms with E-state index >= 15 is 0 Å². The normalized spacial score (nSPS) is 14.7. The number of hydrogen-bond donors (Lipinski definition) is 0. The molecule has 0 bridgehead atoms. The van der Waals surface area contributed by atoms with Crippen LogP contribution in [0.15, 0.2) is 46.4 Å². The SMILES string of the molecule is CCc1cc2c(cc1C)C(=O)/C(=C/c1cc3oc(-c4c(C)cc(C)cc4C)cc3s1)C2=O. The Morgan fingerprint density at radius 1 is 0.844 bits per heavy atom. The van der Waals surface area contributed by atoms with Crippen LogP contribution >= 0.6 is 11.3 Å². The number of hydrogen-bond acceptors (Lipinski definition) is 4. The second-order valence-electron chi connectivity index (χ2n) is 8.66. The Morgan fingerprint density at radius 2 is 1.50 bits per heavy atom. The number of carbonyl (C=O) groups excluding carboxylic acids is 2. The summed E-state index contributed by atoms with van der Waals surface area (Å²) in [7, 11) is 0. The first-order valence-electron chi connectivity index (χ1n) is 10.8. The molecule has 0 aliphatic heterocycles. The van der Waals surface area contributed by atoms with Crippen molar-refractivity contribution >= 4 is 39.3 Å². The van der Waals surface area contributed by atoms with E-state index < -0.39 is 0 Å². The molecule has 0 saturated carbocycles. The van der Waals surface area contributed by atoms with Crippen molar-refractivity contribution in [3.8, 4) is 11.3 Å². The van der Waals surface area contributed by atoms with Crippen LogP contribution in [-0.4, -0.2) is 11.6 Å². The Balaban J connectivity index is 1.52. The van der Waals surface area contributed by atoms with E-state index in [1.807, 2.05) is 25.1 Å². The predicted octanol–water partition coefficient (Wildman–Crippen LogP) is 7.42. The highest BCUT2D eigenvalue weighted by Crippen LogP contribution is 2.38. The van der Waals surface area contributed by atoms with Gasteiger partial charge in [-0.3, -0.25) is 9.59 Å². The number of allylic oxidation sites excluding steroid dienone is 1. The molecule has 4 aromatic rings. The number of carbonyl (C=O) groups is 2. The minimum absolute atomic E-state index is 0.184. The molecule has 2 aromatic heterocycles. The lowest BCUT2D eigenvalue weighted by Gasteiger charge is -2.08. The van der Waals surface area contributed by atoms with Crippen molar-refractivity contribution < 1.29 is 14.0 Å². The topological polar surface area (TPSA) is 47.3 Å². The maximum absolute atomic E-state index is 13.0. The van der Waals surface area contributed by atoms with E-state index in [0.717, 1.165) is 44.0 Å². The minimum atomic E-state index is -0.188. The molecular formula is C28H24O3S. The van der Waals surface area contributed by atoms with E-state index in [4.69, 9.17) is 4.42 Å². The van der Waals surface area contributed by atoms with Gasteiger partial charge in [-0.25, -0.2) is 0 Å². The fraction of sp³-hybridized carbons (Fsp3) is 0.214. The van der Waals surface area contributed by atoms with Crippen molar-refractivity contribution in [1.82, 2.24) is 0 Å². The molecule has 32 heavy (non-hydrogen) atoms. The van der Waals surface area contributed by atoms with E-state index in [2.05, 4.69) is 45.9 Å². The Morgan fingerprint density at radius 3 is 2.12 bits per heavy atom. The van der Waals surface area contributed by atoms with Gasteiger partial charge < -0.3 is 4.42 Å². The molecule has 2 aromatic carbocycles. The summed E-state index contributed by atoms with van der Waals surface area (Å²) in [5.74, 6) is 0.479. The molecule has 0 fully saturated rings. The summed E-state index contributed by atoms with van der Waals surface area (Å²) in [6.07, 6.45) is 2.55. The number of furan rings is 1. The maximum Gasteiger partial charge on any atom is 0.197 e. The molecule has 2 heterocycles. The zero-order chi connectivity index (χ0) is 22.7. The molecule has 0 unspecified atom stereocenters. The number of thiophene rings is 1. The number of Topliss-reactive ketones (excluding diaryl/α,β-unsaturated/α-hetero) is 2. The number of fused-ring (bicyclic) bond motifs is 2. The molecule has 4 heteroatoms. The summed E-state index contributed by atoms with van der Waals surface area (Å²) in [4.78, 5) is 26.8. The van der Waals surface area contributed by atoms with E-state index in [0.29, 0.717) is 11.1 Å². The van der Waals surface area contributed by atoms with E-state index in [9.17, 15) is 9.59 Å². The zero-order valence-electron chi connectivity index (χ0n) is 18.9. The van der Waals surface area contributed by atoms with Crippen LogP contribution in [0, 0.1) is 27.7 Å². The summed E-state index contributed by atoms with van der Waals surface area (Å²) in [5.41, 5.74) is 8.95. The molecule has 3 nitrogen and oxygen atoms in total. The van der Waals surface area contributed by atoms with Gasteiger partial charge in [0.25, 0.3) is 0 Å². The van der Waals surface area contributed by atoms with Gasteiger partial charge in [-0.1, -0.05) is 24.6 Å². The standard InChI is InChI=1S/C28H24O3S/c1-6-18-10-21-20(9-15(18)3)27(29)22(28(21)30)11-19-12-23-25(32-19)13-24(31-23)26-16(4)7-14(2)8-17(26)5/h7-13H,6H2,1-5H3/b22-11-. The molecule has 5 rings (SSSR count). The Bertz CT molecular complexity index is 1420. The summed E-state index contributed by atoms with van der Waals surface area (Å²) < 4.78 is 7.18. The van der Waals surface area contributed by atoms with Crippen LogP contribution in [0.2, 0.25) is 0 Å². The molecule has 0 saturated heterocycles.